The highest BCUT2D eigenvalue weighted by Crippen LogP contribution is 2.27. The molecule has 9 heteroatoms. The second-order valence-corrected chi connectivity index (χ2v) is 7.93. The van der Waals surface area contributed by atoms with Crippen molar-refractivity contribution in [3.05, 3.63) is 75.0 Å². The van der Waals surface area contributed by atoms with Crippen LogP contribution in [0, 0.1) is 13.8 Å². The number of methoxy groups -OCH3 is 1. The summed E-state index contributed by atoms with van der Waals surface area (Å²) in [6.07, 6.45) is 0. The van der Waals surface area contributed by atoms with Gasteiger partial charge in [0.25, 0.3) is 5.91 Å². The number of halogens is 2. The first-order valence-corrected chi connectivity index (χ1v) is 10.8. The van der Waals surface area contributed by atoms with Gasteiger partial charge in [0.1, 0.15) is 5.75 Å². The minimum Gasteiger partial charge on any atom is -0.495 e. The van der Waals surface area contributed by atoms with Crippen LogP contribution < -0.4 is 15.4 Å². The second kappa shape index (κ2) is 10.5. The molecule has 0 fully saturated rings. The maximum absolute atomic E-state index is 12.8. The Morgan fingerprint density at radius 1 is 1.12 bits per heavy atom. The van der Waals surface area contributed by atoms with Crippen molar-refractivity contribution in [2.45, 2.75) is 33.9 Å². The van der Waals surface area contributed by atoms with Crippen LogP contribution in [-0.4, -0.2) is 28.8 Å². The zero-order valence-electron chi connectivity index (χ0n) is 18.4. The third-order valence-corrected chi connectivity index (χ3v) is 5.47. The van der Waals surface area contributed by atoms with Crippen LogP contribution in [0.2, 0.25) is 10.0 Å². The topological polar surface area (TPSA) is 80.5 Å². The van der Waals surface area contributed by atoms with Crippen molar-refractivity contribution >= 4 is 40.8 Å². The van der Waals surface area contributed by atoms with Crippen molar-refractivity contribution < 1.29 is 9.53 Å². The Balaban J connectivity index is 1.92. The Morgan fingerprint density at radius 2 is 1.81 bits per heavy atom. The van der Waals surface area contributed by atoms with Gasteiger partial charge >= 0.3 is 0 Å². The number of aliphatic imine (C=N–C) groups is 1. The molecule has 0 saturated heterocycles. The van der Waals surface area contributed by atoms with E-state index < -0.39 is 0 Å². The molecule has 0 bridgehead atoms. The number of benzene rings is 2. The Hall–Kier alpha value is -3.03. The SMILES string of the molecule is CCn1nc(C)c(CN=C(NC(=O)c2ccc(Cl)cc2)Nc2cc(Cl)ccc2OC)c1C. The first-order chi connectivity index (χ1) is 15.3. The minimum absolute atomic E-state index is 0.258. The lowest BCUT2D eigenvalue weighted by atomic mass is 10.2. The summed E-state index contributed by atoms with van der Waals surface area (Å²) in [7, 11) is 1.56. The smallest absolute Gasteiger partial charge is 0.257 e. The van der Waals surface area contributed by atoms with Gasteiger partial charge in [0.05, 0.1) is 25.0 Å². The minimum atomic E-state index is -0.327. The Kier molecular flexibility index (Phi) is 7.77. The Morgan fingerprint density at radius 3 is 2.44 bits per heavy atom. The number of hydrogen-bond acceptors (Lipinski definition) is 4. The van der Waals surface area contributed by atoms with Gasteiger partial charge in [-0.25, -0.2) is 4.99 Å². The van der Waals surface area contributed by atoms with Gasteiger partial charge in [-0.05, 0) is 63.2 Å². The van der Waals surface area contributed by atoms with E-state index in [4.69, 9.17) is 27.9 Å². The number of nitrogens with zero attached hydrogens (tertiary/aromatic N) is 3. The van der Waals surface area contributed by atoms with Crippen LogP contribution in [0.3, 0.4) is 0 Å². The number of anilines is 1. The molecule has 0 aliphatic heterocycles. The average Bonchev–Trinajstić information content (AvgIpc) is 3.05. The number of amides is 1. The summed E-state index contributed by atoms with van der Waals surface area (Å²) in [4.78, 5) is 17.5. The predicted molar refractivity (Wildman–Crippen MR) is 129 cm³/mol. The van der Waals surface area contributed by atoms with Crippen molar-refractivity contribution in [1.82, 2.24) is 15.1 Å². The van der Waals surface area contributed by atoms with E-state index in [0.29, 0.717) is 33.6 Å². The maximum Gasteiger partial charge on any atom is 0.257 e. The summed E-state index contributed by atoms with van der Waals surface area (Å²) in [5.41, 5.74) is 3.97. The summed E-state index contributed by atoms with van der Waals surface area (Å²) in [5, 5.41) is 11.6. The van der Waals surface area contributed by atoms with Crippen molar-refractivity contribution in [2.24, 2.45) is 4.99 Å². The molecule has 1 amide bonds. The maximum atomic E-state index is 12.8. The van der Waals surface area contributed by atoms with Crippen molar-refractivity contribution in [1.29, 1.82) is 0 Å². The number of aryl methyl sites for hydroxylation is 2. The van der Waals surface area contributed by atoms with Crippen LogP contribution in [0.4, 0.5) is 5.69 Å². The molecular weight excluding hydrogens is 449 g/mol. The molecule has 1 heterocycles. The highest BCUT2D eigenvalue weighted by atomic mass is 35.5. The molecule has 0 unspecified atom stereocenters. The average molecular weight is 474 g/mol. The molecule has 0 spiro atoms. The molecular formula is C23H25Cl2N5O2. The Bertz CT molecular complexity index is 1140. The van der Waals surface area contributed by atoms with Crippen LogP contribution in [0.5, 0.6) is 5.75 Å². The molecule has 3 aromatic rings. The molecule has 0 aliphatic carbocycles. The molecule has 0 aliphatic rings. The number of ether oxygens (including phenoxy) is 1. The molecule has 1 aromatic heterocycles. The van der Waals surface area contributed by atoms with E-state index >= 15 is 0 Å². The lowest BCUT2D eigenvalue weighted by molar-refractivity contribution is 0.0977. The monoisotopic (exact) mass is 473 g/mol. The quantitative estimate of drug-likeness (QED) is 0.379. The van der Waals surface area contributed by atoms with E-state index in [1.54, 1.807) is 49.6 Å². The molecule has 2 aromatic carbocycles. The molecule has 7 nitrogen and oxygen atoms in total. The van der Waals surface area contributed by atoms with Crippen LogP contribution in [0.1, 0.15) is 34.2 Å². The van der Waals surface area contributed by atoms with Gasteiger partial charge in [-0.15, -0.1) is 0 Å². The fourth-order valence-corrected chi connectivity index (χ4v) is 3.52. The highest BCUT2D eigenvalue weighted by Gasteiger charge is 2.14. The number of aromatic nitrogens is 2. The summed E-state index contributed by atoms with van der Waals surface area (Å²) in [5.74, 6) is 0.495. The van der Waals surface area contributed by atoms with E-state index in [-0.39, 0.29) is 11.9 Å². The van der Waals surface area contributed by atoms with Gasteiger partial charge in [-0.3, -0.25) is 14.8 Å². The molecule has 3 rings (SSSR count). The first kappa shape index (κ1) is 23.6. The lowest BCUT2D eigenvalue weighted by Crippen LogP contribution is -2.36. The van der Waals surface area contributed by atoms with Crippen LogP contribution in [0.15, 0.2) is 47.5 Å². The van der Waals surface area contributed by atoms with Crippen LogP contribution >= 0.6 is 23.2 Å². The van der Waals surface area contributed by atoms with E-state index in [0.717, 1.165) is 23.5 Å². The van der Waals surface area contributed by atoms with Crippen LogP contribution in [-0.2, 0) is 13.1 Å². The molecule has 168 valence electrons. The number of guanidine groups is 1. The van der Waals surface area contributed by atoms with Crippen molar-refractivity contribution in [2.75, 3.05) is 12.4 Å². The Labute approximate surface area is 197 Å². The molecule has 2 N–H and O–H groups in total. The van der Waals surface area contributed by atoms with Crippen LogP contribution in [0.25, 0.3) is 0 Å². The number of rotatable bonds is 6. The van der Waals surface area contributed by atoms with Gasteiger partial charge in [0.15, 0.2) is 0 Å². The van der Waals surface area contributed by atoms with Gasteiger partial charge in [-0.2, -0.15) is 5.10 Å². The van der Waals surface area contributed by atoms with E-state index in [1.165, 1.54) is 0 Å². The lowest BCUT2D eigenvalue weighted by Gasteiger charge is -2.15. The van der Waals surface area contributed by atoms with Crippen molar-refractivity contribution in [3.8, 4) is 5.75 Å². The number of carbonyl (C=O) groups is 1. The highest BCUT2D eigenvalue weighted by molar-refractivity contribution is 6.31. The molecule has 0 saturated carbocycles. The zero-order valence-corrected chi connectivity index (χ0v) is 19.9. The van der Waals surface area contributed by atoms with E-state index in [9.17, 15) is 4.79 Å². The summed E-state index contributed by atoms with van der Waals surface area (Å²) in [6.45, 7) is 7.10. The van der Waals surface area contributed by atoms with Gasteiger partial charge < -0.3 is 10.1 Å². The van der Waals surface area contributed by atoms with Crippen molar-refractivity contribution in [3.63, 3.8) is 0 Å². The third kappa shape index (κ3) is 5.60. The van der Waals surface area contributed by atoms with E-state index in [1.807, 2.05) is 25.5 Å². The fraction of sp³-hybridized carbons (Fsp3) is 0.261. The predicted octanol–water partition coefficient (Wildman–Crippen LogP) is 5.23. The summed E-state index contributed by atoms with van der Waals surface area (Å²) < 4.78 is 7.34. The van der Waals surface area contributed by atoms with Gasteiger partial charge in [-0.1, -0.05) is 23.2 Å². The van der Waals surface area contributed by atoms with E-state index in [2.05, 4.69) is 20.7 Å². The molecule has 32 heavy (non-hydrogen) atoms. The normalized spacial score (nSPS) is 11.4. The summed E-state index contributed by atoms with van der Waals surface area (Å²) >= 11 is 12.1. The zero-order chi connectivity index (χ0) is 23.3. The first-order valence-electron chi connectivity index (χ1n) is 10.1. The standard InChI is InChI=1S/C23H25Cl2N5O2/c1-5-30-15(3)19(14(2)29-30)13-26-23(27-20-12-18(25)10-11-21(20)32-4)28-22(31)16-6-8-17(24)9-7-16/h6-12H,5,13H2,1-4H3,(H2,26,27,28,31). The number of carbonyl (C=O) groups excluding carboxylic acids is 1. The molecule has 0 radical (unpaired) electrons. The van der Waals surface area contributed by atoms with Gasteiger partial charge in [0, 0.05) is 33.4 Å². The fourth-order valence-electron chi connectivity index (χ4n) is 3.23. The number of hydrogen-bond donors (Lipinski definition) is 2. The summed E-state index contributed by atoms with van der Waals surface area (Å²) in [6, 6.07) is 11.8. The number of nitrogens with one attached hydrogen (secondary N) is 2. The molecule has 0 atom stereocenters. The largest absolute Gasteiger partial charge is 0.495 e. The third-order valence-electron chi connectivity index (χ3n) is 4.98. The van der Waals surface area contributed by atoms with Gasteiger partial charge in [0.2, 0.25) is 5.96 Å². The second-order valence-electron chi connectivity index (χ2n) is 7.06.